The lowest BCUT2D eigenvalue weighted by molar-refractivity contribution is 1.20. The Morgan fingerprint density at radius 2 is 1.36 bits per heavy atom. The Balaban J connectivity index is 3.29. The molecule has 0 heterocycles. The lowest BCUT2D eigenvalue weighted by atomic mass is 10.3. The molecule has 0 atom stereocenters. The molecule has 0 aliphatic carbocycles. The lowest BCUT2D eigenvalue weighted by Gasteiger charge is -1.79. The van der Waals surface area contributed by atoms with Crippen LogP contribution in [0.3, 0.4) is 0 Å². The van der Waals surface area contributed by atoms with Crippen molar-refractivity contribution in [3.05, 3.63) is 36.5 Å². The maximum Gasteiger partial charge on any atom is -0.0166 e. The quantitative estimate of drug-likeness (QED) is 0.412. The highest BCUT2D eigenvalue weighted by Crippen LogP contribution is 1.89. The predicted octanol–water partition coefficient (Wildman–Crippen LogP) is 3.87. The molecule has 0 radical (unpaired) electrons. The van der Waals surface area contributed by atoms with Crippen LogP contribution in [-0.4, -0.2) is 0 Å². The molecule has 0 saturated heterocycles. The summed E-state index contributed by atoms with van der Waals surface area (Å²) in [6.07, 6.45) is 16.2. The standard InChI is InChI=1S/C11H18/c1-3-5-7-9-11-10-8-6-4-2/h5-9,11H,3-4,10H2,1-2H3. The van der Waals surface area contributed by atoms with E-state index in [-0.39, 0.29) is 0 Å². The zero-order valence-corrected chi connectivity index (χ0v) is 7.59. The monoisotopic (exact) mass is 150 g/mol. The van der Waals surface area contributed by atoms with Gasteiger partial charge in [-0.3, -0.25) is 0 Å². The van der Waals surface area contributed by atoms with Crippen molar-refractivity contribution in [3.63, 3.8) is 0 Å². The second kappa shape index (κ2) is 9.22. The summed E-state index contributed by atoms with van der Waals surface area (Å²) in [6, 6.07) is 0. The third-order valence-electron chi connectivity index (χ3n) is 1.29. The van der Waals surface area contributed by atoms with Crippen molar-refractivity contribution in [2.24, 2.45) is 0 Å². The fraction of sp³-hybridized carbons (Fsp3) is 0.455. The van der Waals surface area contributed by atoms with Crippen LogP contribution in [0.25, 0.3) is 0 Å². The molecule has 0 aromatic heterocycles. The van der Waals surface area contributed by atoms with Gasteiger partial charge in [0.1, 0.15) is 0 Å². The van der Waals surface area contributed by atoms with Crippen molar-refractivity contribution in [3.8, 4) is 0 Å². The van der Waals surface area contributed by atoms with Gasteiger partial charge in [-0.15, -0.1) is 0 Å². The molecule has 0 aromatic rings. The van der Waals surface area contributed by atoms with Gasteiger partial charge in [-0.25, -0.2) is 0 Å². The average Bonchev–Trinajstić information content (AvgIpc) is 2.03. The van der Waals surface area contributed by atoms with Crippen LogP contribution in [-0.2, 0) is 0 Å². The van der Waals surface area contributed by atoms with Crippen molar-refractivity contribution in [2.75, 3.05) is 0 Å². The van der Waals surface area contributed by atoms with E-state index >= 15 is 0 Å². The van der Waals surface area contributed by atoms with Crippen LogP contribution >= 0.6 is 0 Å². The average molecular weight is 150 g/mol. The summed E-state index contributed by atoms with van der Waals surface area (Å²) in [5.74, 6) is 0. The van der Waals surface area contributed by atoms with Crippen LogP contribution in [0.1, 0.15) is 33.1 Å². The van der Waals surface area contributed by atoms with Gasteiger partial charge in [-0.1, -0.05) is 50.3 Å². The van der Waals surface area contributed by atoms with Gasteiger partial charge in [0.15, 0.2) is 0 Å². The Morgan fingerprint density at radius 3 is 2.00 bits per heavy atom. The third kappa shape index (κ3) is 9.22. The molecule has 0 amide bonds. The SMILES string of the molecule is CCC=CC=CCC=CCC. The van der Waals surface area contributed by atoms with Crippen LogP contribution < -0.4 is 0 Å². The van der Waals surface area contributed by atoms with Crippen molar-refractivity contribution in [1.82, 2.24) is 0 Å². The molecule has 11 heavy (non-hydrogen) atoms. The van der Waals surface area contributed by atoms with Gasteiger partial charge in [0.25, 0.3) is 0 Å². The molecule has 0 bridgehead atoms. The predicted molar refractivity (Wildman–Crippen MR) is 52.6 cm³/mol. The van der Waals surface area contributed by atoms with Gasteiger partial charge in [0, 0.05) is 0 Å². The molecule has 0 spiro atoms. The van der Waals surface area contributed by atoms with E-state index < -0.39 is 0 Å². The Bertz CT molecular complexity index is 138. The Labute approximate surface area is 70.3 Å². The van der Waals surface area contributed by atoms with E-state index in [2.05, 4.69) is 50.3 Å². The van der Waals surface area contributed by atoms with E-state index in [4.69, 9.17) is 0 Å². The van der Waals surface area contributed by atoms with Gasteiger partial charge < -0.3 is 0 Å². The summed E-state index contributed by atoms with van der Waals surface area (Å²) in [5, 5.41) is 0. The fourth-order valence-corrected chi connectivity index (χ4v) is 0.713. The van der Waals surface area contributed by atoms with E-state index in [0.717, 1.165) is 19.3 Å². The molecule has 0 rings (SSSR count). The molecule has 0 saturated carbocycles. The molecule has 0 aromatic carbocycles. The first-order valence-electron chi connectivity index (χ1n) is 4.38. The maximum absolute atomic E-state index is 2.19. The molecule has 0 nitrogen and oxygen atoms in total. The lowest BCUT2D eigenvalue weighted by Crippen LogP contribution is -1.58. The molecule has 62 valence electrons. The van der Waals surface area contributed by atoms with Crippen molar-refractivity contribution in [1.29, 1.82) is 0 Å². The summed E-state index contributed by atoms with van der Waals surface area (Å²) in [6.45, 7) is 4.29. The number of hydrogen-bond acceptors (Lipinski definition) is 0. The second-order valence-corrected chi connectivity index (χ2v) is 2.38. The molecule has 0 fully saturated rings. The molecular formula is C11H18. The fourth-order valence-electron chi connectivity index (χ4n) is 0.713. The van der Waals surface area contributed by atoms with Gasteiger partial charge in [-0.2, -0.15) is 0 Å². The zero-order valence-electron chi connectivity index (χ0n) is 7.59. The van der Waals surface area contributed by atoms with E-state index in [1.54, 1.807) is 0 Å². The highest BCUT2D eigenvalue weighted by Gasteiger charge is 1.68. The Kier molecular flexibility index (Phi) is 8.57. The van der Waals surface area contributed by atoms with E-state index in [1.165, 1.54) is 0 Å². The molecule has 0 unspecified atom stereocenters. The molecular weight excluding hydrogens is 132 g/mol. The van der Waals surface area contributed by atoms with Crippen LogP contribution in [0.15, 0.2) is 36.5 Å². The minimum atomic E-state index is 1.06. The highest BCUT2D eigenvalue weighted by atomic mass is 13.7. The highest BCUT2D eigenvalue weighted by molar-refractivity contribution is 5.04. The minimum Gasteiger partial charge on any atom is -0.0885 e. The van der Waals surface area contributed by atoms with Gasteiger partial charge in [-0.05, 0) is 19.3 Å². The summed E-state index contributed by atoms with van der Waals surface area (Å²) in [4.78, 5) is 0. The topological polar surface area (TPSA) is 0 Å². The molecule has 0 N–H and O–H groups in total. The first kappa shape index (κ1) is 10.2. The third-order valence-corrected chi connectivity index (χ3v) is 1.29. The summed E-state index contributed by atoms with van der Waals surface area (Å²) in [5.41, 5.74) is 0. The van der Waals surface area contributed by atoms with Crippen LogP contribution in [0.4, 0.5) is 0 Å². The van der Waals surface area contributed by atoms with Gasteiger partial charge in [0.05, 0.1) is 0 Å². The first-order chi connectivity index (χ1) is 5.41. The Hall–Kier alpha value is -0.780. The van der Waals surface area contributed by atoms with E-state index in [9.17, 15) is 0 Å². The number of hydrogen-bond donors (Lipinski definition) is 0. The molecule has 0 aliphatic rings. The summed E-state index contributed by atoms with van der Waals surface area (Å²) in [7, 11) is 0. The van der Waals surface area contributed by atoms with Gasteiger partial charge in [0.2, 0.25) is 0 Å². The van der Waals surface area contributed by atoms with E-state index in [1.807, 2.05) is 0 Å². The second-order valence-electron chi connectivity index (χ2n) is 2.38. The first-order valence-corrected chi connectivity index (χ1v) is 4.38. The largest absolute Gasteiger partial charge is 0.0885 e. The zero-order chi connectivity index (χ0) is 8.36. The number of rotatable bonds is 5. The minimum absolute atomic E-state index is 1.06. The Morgan fingerprint density at radius 1 is 0.727 bits per heavy atom. The van der Waals surface area contributed by atoms with E-state index in [0.29, 0.717) is 0 Å². The number of allylic oxidation sites excluding steroid dienone is 6. The van der Waals surface area contributed by atoms with Crippen LogP contribution in [0.2, 0.25) is 0 Å². The van der Waals surface area contributed by atoms with Crippen LogP contribution in [0.5, 0.6) is 0 Å². The summed E-state index contributed by atoms with van der Waals surface area (Å²) >= 11 is 0. The van der Waals surface area contributed by atoms with Gasteiger partial charge >= 0.3 is 0 Å². The molecule has 0 heteroatoms. The van der Waals surface area contributed by atoms with Crippen LogP contribution in [0, 0.1) is 0 Å². The normalized spacial score (nSPS) is 12.5. The smallest absolute Gasteiger partial charge is 0.0166 e. The molecule has 0 aliphatic heterocycles. The van der Waals surface area contributed by atoms with Crippen molar-refractivity contribution in [2.45, 2.75) is 33.1 Å². The maximum atomic E-state index is 2.19. The van der Waals surface area contributed by atoms with Crippen molar-refractivity contribution >= 4 is 0 Å². The van der Waals surface area contributed by atoms with Crippen molar-refractivity contribution < 1.29 is 0 Å². The summed E-state index contributed by atoms with van der Waals surface area (Å²) < 4.78 is 0.